The summed E-state index contributed by atoms with van der Waals surface area (Å²) in [6.07, 6.45) is 0.134. The summed E-state index contributed by atoms with van der Waals surface area (Å²) in [7, 11) is -2.39. The highest BCUT2D eigenvalue weighted by Crippen LogP contribution is 2.39. The number of benzene rings is 1. The van der Waals surface area contributed by atoms with E-state index in [1.165, 1.54) is 11.4 Å². The molecule has 0 saturated carbocycles. The molecule has 1 aliphatic heterocycles. The standard InChI is InChI=1S/C15H17N3O4S/c1-9-15(10(2)17-16-9)23(20,21)18-8-7-12(19)11-5-4-6-13(22-3)14(11)18/h4-6H,7-8H2,1-3H3,(H,16,17). The number of carbonyl (C=O) groups is 1. The maximum absolute atomic E-state index is 13.1. The minimum absolute atomic E-state index is 0.0819. The van der Waals surface area contributed by atoms with Gasteiger partial charge in [0.15, 0.2) is 5.78 Å². The van der Waals surface area contributed by atoms with E-state index in [2.05, 4.69) is 10.2 Å². The maximum Gasteiger partial charge on any atom is 0.268 e. The highest BCUT2D eigenvalue weighted by Gasteiger charge is 2.37. The third kappa shape index (κ3) is 2.29. The fraction of sp³-hybridized carbons (Fsp3) is 0.333. The van der Waals surface area contributed by atoms with Gasteiger partial charge in [0, 0.05) is 18.5 Å². The zero-order chi connectivity index (χ0) is 16.8. The van der Waals surface area contributed by atoms with Crippen LogP contribution in [-0.2, 0) is 10.0 Å². The number of aryl methyl sites for hydroxylation is 2. The molecule has 0 saturated heterocycles. The van der Waals surface area contributed by atoms with Crippen LogP contribution in [0, 0.1) is 13.8 Å². The van der Waals surface area contributed by atoms with Crippen LogP contribution < -0.4 is 9.04 Å². The molecule has 122 valence electrons. The number of para-hydroxylation sites is 1. The lowest BCUT2D eigenvalue weighted by atomic mass is 10.0. The topological polar surface area (TPSA) is 92.4 Å². The second-order valence-corrected chi connectivity index (χ2v) is 7.17. The Balaban J connectivity index is 2.24. The Labute approximate surface area is 134 Å². The number of aromatic nitrogens is 2. The van der Waals surface area contributed by atoms with Crippen molar-refractivity contribution in [3.05, 3.63) is 35.2 Å². The smallest absolute Gasteiger partial charge is 0.268 e. The van der Waals surface area contributed by atoms with E-state index in [-0.39, 0.29) is 23.6 Å². The van der Waals surface area contributed by atoms with E-state index in [1.807, 2.05) is 0 Å². The summed E-state index contributed by atoms with van der Waals surface area (Å²) in [6.45, 7) is 3.37. The zero-order valence-electron chi connectivity index (χ0n) is 13.1. The molecule has 1 aromatic carbocycles. The molecule has 8 heteroatoms. The van der Waals surface area contributed by atoms with E-state index in [9.17, 15) is 13.2 Å². The lowest BCUT2D eigenvalue weighted by Gasteiger charge is -2.31. The average molecular weight is 335 g/mol. The first-order valence-electron chi connectivity index (χ1n) is 7.12. The highest BCUT2D eigenvalue weighted by molar-refractivity contribution is 7.93. The first-order valence-corrected chi connectivity index (χ1v) is 8.56. The number of fused-ring (bicyclic) bond motifs is 1. The Morgan fingerprint density at radius 1 is 1.30 bits per heavy atom. The maximum atomic E-state index is 13.1. The van der Waals surface area contributed by atoms with Crippen LogP contribution in [0.5, 0.6) is 5.75 Å². The van der Waals surface area contributed by atoms with Crippen LogP contribution >= 0.6 is 0 Å². The molecule has 0 fully saturated rings. The van der Waals surface area contributed by atoms with Gasteiger partial charge in [-0.15, -0.1) is 0 Å². The molecular formula is C15H17N3O4S. The quantitative estimate of drug-likeness (QED) is 0.923. The molecule has 1 N–H and O–H groups in total. The van der Waals surface area contributed by atoms with Crippen LogP contribution in [0.1, 0.15) is 28.2 Å². The van der Waals surface area contributed by atoms with Gasteiger partial charge in [0.05, 0.1) is 18.5 Å². The summed E-state index contributed by atoms with van der Waals surface area (Å²) >= 11 is 0. The molecular weight excluding hydrogens is 318 g/mol. The molecule has 0 unspecified atom stereocenters. The predicted octanol–water partition coefficient (Wildman–Crippen LogP) is 1.82. The van der Waals surface area contributed by atoms with Gasteiger partial charge in [-0.2, -0.15) is 5.10 Å². The number of hydrogen-bond donors (Lipinski definition) is 1. The fourth-order valence-corrected chi connectivity index (χ4v) is 4.72. The number of rotatable bonds is 3. The van der Waals surface area contributed by atoms with Crippen molar-refractivity contribution >= 4 is 21.5 Å². The van der Waals surface area contributed by atoms with Gasteiger partial charge in [-0.05, 0) is 26.0 Å². The summed E-state index contributed by atoms with van der Waals surface area (Å²) in [6, 6.07) is 4.95. The highest BCUT2D eigenvalue weighted by atomic mass is 32.2. The van der Waals surface area contributed by atoms with Crippen LogP contribution in [0.4, 0.5) is 5.69 Å². The Morgan fingerprint density at radius 3 is 2.65 bits per heavy atom. The molecule has 0 bridgehead atoms. The van der Waals surface area contributed by atoms with Crippen LogP contribution in [0.3, 0.4) is 0 Å². The van der Waals surface area contributed by atoms with Gasteiger partial charge in [-0.3, -0.25) is 14.2 Å². The van der Waals surface area contributed by atoms with Gasteiger partial charge in [0.2, 0.25) is 0 Å². The van der Waals surface area contributed by atoms with E-state index in [4.69, 9.17) is 4.74 Å². The molecule has 7 nitrogen and oxygen atoms in total. The lowest BCUT2D eigenvalue weighted by molar-refractivity contribution is 0.0981. The van der Waals surface area contributed by atoms with Crippen molar-refractivity contribution < 1.29 is 17.9 Å². The molecule has 0 atom stereocenters. The molecule has 1 aliphatic rings. The van der Waals surface area contributed by atoms with Crippen LogP contribution in [0.25, 0.3) is 0 Å². The molecule has 23 heavy (non-hydrogen) atoms. The number of sulfonamides is 1. The molecule has 0 amide bonds. The van der Waals surface area contributed by atoms with Crippen LogP contribution in [-0.4, -0.2) is 38.1 Å². The molecule has 0 spiro atoms. The predicted molar refractivity (Wildman–Crippen MR) is 84.5 cm³/mol. The minimum Gasteiger partial charge on any atom is -0.495 e. The number of hydrogen-bond acceptors (Lipinski definition) is 5. The van der Waals surface area contributed by atoms with Crippen molar-refractivity contribution in [1.29, 1.82) is 0 Å². The molecule has 2 heterocycles. The average Bonchev–Trinajstić information content (AvgIpc) is 2.86. The number of carbonyl (C=O) groups excluding carboxylic acids is 1. The zero-order valence-corrected chi connectivity index (χ0v) is 13.9. The number of nitrogens with zero attached hydrogens (tertiary/aromatic N) is 2. The lowest BCUT2D eigenvalue weighted by Crippen LogP contribution is -2.38. The van der Waals surface area contributed by atoms with Gasteiger partial charge in [-0.1, -0.05) is 6.07 Å². The monoisotopic (exact) mass is 335 g/mol. The number of anilines is 1. The summed E-state index contributed by atoms with van der Waals surface area (Å²) in [5.74, 6) is 0.268. The van der Waals surface area contributed by atoms with Crippen molar-refractivity contribution in [3.8, 4) is 5.75 Å². The third-order valence-electron chi connectivity index (χ3n) is 3.92. The molecule has 1 aromatic heterocycles. The summed E-state index contributed by atoms with van der Waals surface area (Å²) in [4.78, 5) is 12.3. The van der Waals surface area contributed by atoms with E-state index in [0.717, 1.165) is 0 Å². The second kappa shape index (κ2) is 5.38. The number of ketones is 1. The Morgan fingerprint density at radius 2 is 2.04 bits per heavy atom. The molecule has 0 aliphatic carbocycles. The number of ether oxygens (including phenoxy) is 1. The van der Waals surface area contributed by atoms with Gasteiger partial charge in [0.25, 0.3) is 10.0 Å². The first-order chi connectivity index (χ1) is 10.9. The largest absolute Gasteiger partial charge is 0.495 e. The van der Waals surface area contributed by atoms with Crippen molar-refractivity contribution in [2.45, 2.75) is 25.2 Å². The molecule has 0 radical (unpaired) electrons. The Bertz CT molecular complexity index is 867. The minimum atomic E-state index is -3.84. The third-order valence-corrected chi connectivity index (χ3v) is 5.98. The van der Waals surface area contributed by atoms with E-state index < -0.39 is 10.0 Å². The van der Waals surface area contributed by atoms with E-state index >= 15 is 0 Å². The van der Waals surface area contributed by atoms with Gasteiger partial charge < -0.3 is 4.74 Å². The van der Waals surface area contributed by atoms with Crippen LogP contribution in [0.2, 0.25) is 0 Å². The normalized spacial score (nSPS) is 14.7. The van der Waals surface area contributed by atoms with Gasteiger partial charge in [0.1, 0.15) is 16.3 Å². The number of Topliss-reactive ketones (excluding diaryl/α,β-unsaturated/α-hetero) is 1. The summed E-state index contributed by atoms with van der Waals surface area (Å²) in [5, 5.41) is 6.65. The first kappa shape index (κ1) is 15.5. The Hall–Kier alpha value is -2.35. The second-order valence-electron chi connectivity index (χ2n) is 5.37. The van der Waals surface area contributed by atoms with E-state index in [1.54, 1.807) is 32.0 Å². The molecule has 2 aromatic rings. The van der Waals surface area contributed by atoms with Crippen LogP contribution in [0.15, 0.2) is 23.1 Å². The number of methoxy groups -OCH3 is 1. The molecule has 3 rings (SSSR count). The number of H-pyrrole nitrogens is 1. The van der Waals surface area contributed by atoms with Crippen molar-refractivity contribution in [3.63, 3.8) is 0 Å². The Kier molecular flexibility index (Phi) is 3.63. The fourth-order valence-electron chi connectivity index (χ4n) is 2.89. The summed E-state index contributed by atoms with van der Waals surface area (Å²) in [5.41, 5.74) is 1.52. The van der Waals surface area contributed by atoms with Crippen molar-refractivity contribution in [2.24, 2.45) is 0 Å². The SMILES string of the molecule is COc1cccc2c1N(S(=O)(=O)c1c(C)n[nH]c1C)CCC2=O. The van der Waals surface area contributed by atoms with Gasteiger partial charge >= 0.3 is 0 Å². The van der Waals surface area contributed by atoms with Crippen molar-refractivity contribution in [2.75, 3.05) is 18.0 Å². The van der Waals surface area contributed by atoms with Crippen molar-refractivity contribution in [1.82, 2.24) is 10.2 Å². The van der Waals surface area contributed by atoms with Gasteiger partial charge in [-0.25, -0.2) is 8.42 Å². The summed E-state index contributed by atoms with van der Waals surface area (Å²) < 4.78 is 32.8. The van der Waals surface area contributed by atoms with E-state index in [0.29, 0.717) is 28.4 Å². The number of nitrogens with one attached hydrogen (secondary N) is 1. The number of aromatic amines is 1.